The Morgan fingerprint density at radius 2 is 1.76 bits per heavy atom. The molecule has 1 aliphatic rings. The van der Waals surface area contributed by atoms with Crippen molar-refractivity contribution < 1.29 is 22.7 Å². The maximum absolute atomic E-state index is 12.4. The molecule has 9 heteroatoms. The van der Waals surface area contributed by atoms with E-state index < -0.39 is 9.84 Å². The number of carbonyl (C=O) groups is 2. The highest BCUT2D eigenvalue weighted by molar-refractivity contribution is 7.91. The largest absolute Gasteiger partial charge is 0.484 e. The maximum atomic E-state index is 12.4. The molecule has 1 aromatic carbocycles. The first kappa shape index (κ1) is 20.9. The average molecular weight is 420 g/mol. The highest BCUT2D eigenvalue weighted by atomic mass is 32.2. The summed E-state index contributed by atoms with van der Waals surface area (Å²) in [4.78, 5) is 26.1. The van der Waals surface area contributed by atoms with Crippen molar-refractivity contribution >= 4 is 21.7 Å². The molecule has 1 aromatic heterocycles. The predicted octanol–water partition coefficient (Wildman–Crippen LogP) is 1.51. The highest BCUT2D eigenvalue weighted by Gasteiger charge is 2.32. The third-order valence-corrected chi connectivity index (χ3v) is 6.86. The Bertz CT molecular complexity index is 992. The number of nitrogens with zero attached hydrogens (tertiary/aromatic N) is 2. The van der Waals surface area contributed by atoms with Crippen molar-refractivity contribution in [2.24, 2.45) is 0 Å². The van der Waals surface area contributed by atoms with Gasteiger partial charge in [-0.25, -0.2) is 8.42 Å². The molecule has 1 atom stereocenters. The molecular formula is C20H25N3O5S. The molecule has 0 radical (unpaired) electrons. The lowest BCUT2D eigenvalue weighted by Crippen LogP contribution is -2.40. The lowest BCUT2D eigenvalue weighted by Gasteiger charge is -2.23. The zero-order valence-electron chi connectivity index (χ0n) is 16.7. The number of aryl methyl sites for hydroxylation is 2. The first-order valence-corrected chi connectivity index (χ1v) is 11.1. The molecule has 156 valence electrons. The minimum Gasteiger partial charge on any atom is -0.484 e. The van der Waals surface area contributed by atoms with E-state index in [-0.39, 0.29) is 36.0 Å². The van der Waals surface area contributed by atoms with E-state index in [1.54, 1.807) is 36.0 Å². The van der Waals surface area contributed by atoms with Crippen LogP contribution in [0.2, 0.25) is 0 Å². The smallest absolute Gasteiger partial charge is 0.270 e. The Morgan fingerprint density at radius 1 is 1.14 bits per heavy atom. The van der Waals surface area contributed by atoms with Crippen LogP contribution in [-0.2, 0) is 14.6 Å². The molecule has 0 unspecified atom stereocenters. The molecule has 1 N–H and O–H groups in total. The zero-order chi connectivity index (χ0) is 21.2. The van der Waals surface area contributed by atoms with E-state index in [2.05, 4.69) is 5.43 Å². The van der Waals surface area contributed by atoms with E-state index in [1.807, 2.05) is 26.0 Å². The van der Waals surface area contributed by atoms with Crippen molar-refractivity contribution in [3.8, 4) is 5.75 Å². The van der Waals surface area contributed by atoms with Gasteiger partial charge >= 0.3 is 0 Å². The summed E-state index contributed by atoms with van der Waals surface area (Å²) >= 11 is 0. The normalized spacial score (nSPS) is 17.7. The van der Waals surface area contributed by atoms with Gasteiger partial charge in [-0.3, -0.25) is 19.7 Å². The van der Waals surface area contributed by atoms with Gasteiger partial charge in [-0.05, 0) is 56.7 Å². The lowest BCUT2D eigenvalue weighted by atomic mass is 10.2. The third kappa shape index (κ3) is 4.97. The Morgan fingerprint density at radius 3 is 2.31 bits per heavy atom. The van der Waals surface area contributed by atoms with E-state index in [1.165, 1.54) is 4.90 Å². The molecular weight excluding hydrogens is 394 g/mol. The lowest BCUT2D eigenvalue weighted by molar-refractivity contribution is -0.133. The summed E-state index contributed by atoms with van der Waals surface area (Å²) in [6, 6.07) is 10.0. The molecule has 29 heavy (non-hydrogen) atoms. The summed E-state index contributed by atoms with van der Waals surface area (Å²) < 4.78 is 30.4. The molecule has 0 aliphatic carbocycles. The molecule has 3 rings (SSSR count). The Labute approximate surface area is 170 Å². The minimum absolute atomic E-state index is 0.000603. The Hall–Kier alpha value is -2.81. The first-order valence-electron chi connectivity index (χ1n) is 9.31. The van der Waals surface area contributed by atoms with Crippen LogP contribution in [-0.4, -0.2) is 61.0 Å². The van der Waals surface area contributed by atoms with E-state index >= 15 is 0 Å². The molecule has 1 aliphatic heterocycles. The van der Waals surface area contributed by atoms with Gasteiger partial charge in [0.15, 0.2) is 16.4 Å². The van der Waals surface area contributed by atoms with Crippen molar-refractivity contribution in [1.29, 1.82) is 0 Å². The zero-order valence-corrected chi connectivity index (χ0v) is 17.5. The van der Waals surface area contributed by atoms with Gasteiger partial charge in [-0.2, -0.15) is 0 Å². The monoisotopic (exact) mass is 419 g/mol. The summed E-state index contributed by atoms with van der Waals surface area (Å²) in [5.74, 6) is 0.0292. The summed E-state index contributed by atoms with van der Waals surface area (Å²) in [5.41, 5.74) is 5.14. The van der Waals surface area contributed by atoms with E-state index in [9.17, 15) is 18.0 Å². The van der Waals surface area contributed by atoms with Crippen molar-refractivity contribution in [1.82, 2.24) is 9.58 Å². The number of hydrogen-bond donors (Lipinski definition) is 1. The van der Waals surface area contributed by atoms with Gasteiger partial charge in [0.05, 0.1) is 11.5 Å². The van der Waals surface area contributed by atoms with Crippen LogP contribution in [0.3, 0.4) is 0 Å². The maximum Gasteiger partial charge on any atom is 0.270 e. The van der Waals surface area contributed by atoms with Gasteiger partial charge in [0.25, 0.3) is 11.8 Å². The van der Waals surface area contributed by atoms with Crippen LogP contribution in [0.1, 0.15) is 28.2 Å². The van der Waals surface area contributed by atoms with Crippen molar-refractivity contribution in [2.45, 2.75) is 26.3 Å². The second-order valence-electron chi connectivity index (χ2n) is 7.27. The number of benzene rings is 1. The van der Waals surface area contributed by atoms with Crippen LogP contribution in [0.5, 0.6) is 5.75 Å². The minimum atomic E-state index is -3.05. The highest BCUT2D eigenvalue weighted by Crippen LogP contribution is 2.17. The molecule has 1 fully saturated rings. The summed E-state index contributed by atoms with van der Waals surface area (Å²) in [6.07, 6.45) is 0.453. The van der Waals surface area contributed by atoms with Gasteiger partial charge in [0.2, 0.25) is 0 Å². The second kappa shape index (κ2) is 8.28. The van der Waals surface area contributed by atoms with Crippen LogP contribution in [0.4, 0.5) is 0 Å². The van der Waals surface area contributed by atoms with E-state index in [0.29, 0.717) is 17.7 Å². The standard InChI is InChI=1S/C20H25N3O5S/c1-14-4-5-15(2)23(14)21-20(25)16-6-8-18(9-7-16)28-12-19(24)22(3)17-10-11-29(26,27)13-17/h4-9,17H,10-13H2,1-3H3,(H,21,25)/t17-/m0/s1. The van der Waals surface area contributed by atoms with Gasteiger partial charge in [0, 0.05) is 30.0 Å². The van der Waals surface area contributed by atoms with Crippen molar-refractivity contribution in [3.63, 3.8) is 0 Å². The number of amides is 2. The van der Waals surface area contributed by atoms with Crippen LogP contribution < -0.4 is 10.2 Å². The van der Waals surface area contributed by atoms with Crippen molar-refractivity contribution in [3.05, 3.63) is 53.3 Å². The summed E-state index contributed by atoms with van der Waals surface area (Å²) in [5, 5.41) is 0. The fraction of sp³-hybridized carbons (Fsp3) is 0.400. The van der Waals surface area contributed by atoms with Gasteiger partial charge < -0.3 is 9.64 Å². The second-order valence-corrected chi connectivity index (χ2v) is 9.50. The van der Waals surface area contributed by atoms with E-state index in [4.69, 9.17) is 4.74 Å². The molecule has 0 bridgehead atoms. The number of rotatable bonds is 6. The van der Waals surface area contributed by atoms with Crippen LogP contribution in [0.25, 0.3) is 0 Å². The first-order chi connectivity index (χ1) is 13.7. The number of ether oxygens (including phenoxy) is 1. The molecule has 2 aromatic rings. The van der Waals surface area contributed by atoms with Gasteiger partial charge in [-0.15, -0.1) is 0 Å². The van der Waals surface area contributed by atoms with E-state index in [0.717, 1.165) is 11.4 Å². The molecule has 0 spiro atoms. The third-order valence-electron chi connectivity index (χ3n) is 5.11. The fourth-order valence-corrected chi connectivity index (χ4v) is 5.02. The number of hydrogen-bond acceptors (Lipinski definition) is 5. The van der Waals surface area contributed by atoms with Crippen LogP contribution in [0, 0.1) is 13.8 Å². The number of aromatic nitrogens is 1. The quantitative estimate of drug-likeness (QED) is 0.766. The number of likely N-dealkylation sites (N-methyl/N-ethyl adjacent to an activating group) is 1. The molecule has 8 nitrogen and oxygen atoms in total. The van der Waals surface area contributed by atoms with Crippen molar-refractivity contribution in [2.75, 3.05) is 30.6 Å². The Balaban J connectivity index is 1.54. The SMILES string of the molecule is Cc1ccc(C)n1NC(=O)c1ccc(OCC(=O)N(C)[C@H]2CCS(=O)(=O)C2)cc1. The summed E-state index contributed by atoms with van der Waals surface area (Å²) in [7, 11) is -1.46. The molecule has 2 amide bonds. The molecule has 0 saturated carbocycles. The fourth-order valence-electron chi connectivity index (χ4n) is 3.24. The number of carbonyl (C=O) groups excluding carboxylic acids is 2. The van der Waals surface area contributed by atoms with Crippen LogP contribution >= 0.6 is 0 Å². The number of nitrogens with one attached hydrogen (secondary N) is 1. The summed E-state index contributed by atoms with van der Waals surface area (Å²) in [6.45, 7) is 3.61. The van der Waals surface area contributed by atoms with Gasteiger partial charge in [-0.1, -0.05) is 0 Å². The topological polar surface area (TPSA) is 97.7 Å². The molecule has 1 saturated heterocycles. The number of sulfone groups is 1. The Kier molecular flexibility index (Phi) is 5.97. The van der Waals surface area contributed by atoms with Crippen LogP contribution in [0.15, 0.2) is 36.4 Å². The predicted molar refractivity (Wildman–Crippen MR) is 109 cm³/mol. The average Bonchev–Trinajstić information content (AvgIpc) is 3.21. The van der Waals surface area contributed by atoms with Gasteiger partial charge in [0.1, 0.15) is 5.75 Å². The molecule has 2 heterocycles.